The van der Waals surface area contributed by atoms with E-state index in [2.05, 4.69) is 9.55 Å². The first-order chi connectivity index (χ1) is 18.2. The molecule has 0 radical (unpaired) electrons. The molecule has 38 heavy (non-hydrogen) atoms. The smallest absolute Gasteiger partial charge is 0.244 e. The van der Waals surface area contributed by atoms with Crippen molar-refractivity contribution in [3.05, 3.63) is 77.6 Å². The summed E-state index contributed by atoms with van der Waals surface area (Å²) in [7, 11) is -3.78. The maximum Gasteiger partial charge on any atom is 0.244 e. The molecular weight excluding hydrogens is 525 g/mol. The molecule has 2 heterocycles. The molecule has 1 aliphatic carbocycles. The molecule has 194 valence electrons. The predicted octanol–water partition coefficient (Wildman–Crippen LogP) is 6.53. The molecule has 0 amide bonds. The third kappa shape index (κ3) is 3.97. The van der Waals surface area contributed by atoms with Crippen LogP contribution < -0.4 is 5.73 Å². The van der Waals surface area contributed by atoms with Crippen LogP contribution in [0, 0.1) is 5.82 Å². The molecule has 1 aliphatic rings. The Morgan fingerprint density at radius 1 is 1.00 bits per heavy atom. The Morgan fingerprint density at radius 3 is 2.34 bits per heavy atom. The zero-order valence-electron chi connectivity index (χ0n) is 20.8. The van der Waals surface area contributed by atoms with Gasteiger partial charge in [-0.2, -0.15) is 0 Å². The molecule has 0 unspecified atom stereocenters. The van der Waals surface area contributed by atoms with Gasteiger partial charge in [-0.25, -0.2) is 26.7 Å². The highest BCUT2D eigenvalue weighted by atomic mass is 35.5. The van der Waals surface area contributed by atoms with Crippen LogP contribution in [0.1, 0.15) is 32.7 Å². The Balaban J connectivity index is 1.68. The van der Waals surface area contributed by atoms with Crippen LogP contribution in [0.4, 0.5) is 10.3 Å². The van der Waals surface area contributed by atoms with Crippen molar-refractivity contribution in [1.29, 1.82) is 0 Å². The normalized spacial score (nSPS) is 14.0. The number of nitrogens with two attached hydrogens (primary N) is 1. The number of rotatable bonds is 6. The number of benzene rings is 3. The second-order valence-electron chi connectivity index (χ2n) is 9.75. The van der Waals surface area contributed by atoms with Gasteiger partial charge >= 0.3 is 0 Å². The molecule has 6 rings (SSSR count). The summed E-state index contributed by atoms with van der Waals surface area (Å²) in [4.78, 5) is 9.27. The minimum atomic E-state index is -3.78. The Labute approximate surface area is 224 Å². The first kappa shape index (κ1) is 24.6. The van der Waals surface area contributed by atoms with Gasteiger partial charge in [0, 0.05) is 27.8 Å². The summed E-state index contributed by atoms with van der Waals surface area (Å²) in [6.45, 7) is 3.20. The van der Waals surface area contributed by atoms with Crippen LogP contribution in [-0.4, -0.2) is 32.2 Å². The van der Waals surface area contributed by atoms with Crippen molar-refractivity contribution >= 4 is 38.6 Å². The van der Waals surface area contributed by atoms with E-state index in [0.29, 0.717) is 44.4 Å². The standard InChI is InChI=1S/C28H25ClFN5O2S/c1-16(2)38(36,37)35-24-15-18(9-14-23(24)32-28(35)31)26-25(21-5-3-4-6-22(21)30)33-27(34(26)20-12-13-20)17-7-10-19(29)11-8-17/h3-11,14-16,20H,12-13H2,1-2H3,(H2,31,32). The van der Waals surface area contributed by atoms with Crippen LogP contribution in [0.5, 0.6) is 0 Å². The summed E-state index contributed by atoms with van der Waals surface area (Å²) >= 11 is 6.15. The average molecular weight is 550 g/mol. The highest BCUT2D eigenvalue weighted by Crippen LogP contribution is 2.46. The van der Waals surface area contributed by atoms with Crippen molar-refractivity contribution in [2.45, 2.75) is 38.0 Å². The molecular formula is C28H25ClFN5O2S. The lowest BCUT2D eigenvalue weighted by molar-refractivity contribution is 0.580. The van der Waals surface area contributed by atoms with Gasteiger partial charge in [0.15, 0.2) is 0 Å². The highest BCUT2D eigenvalue weighted by Gasteiger charge is 2.33. The molecule has 3 aromatic carbocycles. The minimum Gasteiger partial charge on any atom is -0.368 e. The molecule has 1 saturated carbocycles. The Bertz CT molecular complexity index is 1810. The number of nitrogen functional groups attached to an aromatic ring is 1. The van der Waals surface area contributed by atoms with Gasteiger partial charge in [-0.1, -0.05) is 29.8 Å². The summed E-state index contributed by atoms with van der Waals surface area (Å²) in [5.74, 6) is 0.202. The van der Waals surface area contributed by atoms with E-state index in [0.717, 1.165) is 22.4 Å². The Morgan fingerprint density at radius 2 is 1.68 bits per heavy atom. The zero-order chi connectivity index (χ0) is 26.8. The topological polar surface area (TPSA) is 95.8 Å². The van der Waals surface area contributed by atoms with Crippen LogP contribution >= 0.6 is 11.6 Å². The fraction of sp³-hybridized carbons (Fsp3) is 0.214. The Kier molecular flexibility index (Phi) is 5.81. The zero-order valence-corrected chi connectivity index (χ0v) is 22.3. The number of halogens is 2. The molecule has 0 aliphatic heterocycles. The maximum atomic E-state index is 15.2. The van der Waals surface area contributed by atoms with E-state index >= 15 is 4.39 Å². The molecule has 2 aromatic heterocycles. The number of fused-ring (bicyclic) bond motifs is 1. The molecule has 2 N–H and O–H groups in total. The van der Waals surface area contributed by atoms with Crippen LogP contribution in [0.3, 0.4) is 0 Å². The van der Waals surface area contributed by atoms with Crippen molar-refractivity contribution in [3.8, 4) is 33.9 Å². The van der Waals surface area contributed by atoms with Crippen LogP contribution in [0.2, 0.25) is 5.02 Å². The lowest BCUT2D eigenvalue weighted by atomic mass is 10.0. The number of hydrogen-bond donors (Lipinski definition) is 1. The molecule has 0 saturated heterocycles. The van der Waals surface area contributed by atoms with Crippen LogP contribution in [0.25, 0.3) is 44.9 Å². The van der Waals surface area contributed by atoms with Gasteiger partial charge in [0.25, 0.3) is 0 Å². The van der Waals surface area contributed by atoms with E-state index < -0.39 is 21.1 Å². The molecule has 0 bridgehead atoms. The summed E-state index contributed by atoms with van der Waals surface area (Å²) in [5, 5.41) is -0.0937. The highest BCUT2D eigenvalue weighted by molar-refractivity contribution is 7.90. The lowest BCUT2D eigenvalue weighted by Crippen LogP contribution is -2.23. The number of aromatic nitrogens is 4. The molecule has 0 atom stereocenters. The fourth-order valence-corrected chi connectivity index (χ4v) is 6.01. The quantitative estimate of drug-likeness (QED) is 0.260. The fourth-order valence-electron chi connectivity index (χ4n) is 4.74. The van der Waals surface area contributed by atoms with Gasteiger partial charge in [0.2, 0.25) is 16.0 Å². The molecule has 0 spiro atoms. The monoisotopic (exact) mass is 549 g/mol. The number of hydrogen-bond acceptors (Lipinski definition) is 5. The first-order valence-corrected chi connectivity index (χ1v) is 14.2. The molecule has 1 fully saturated rings. The second-order valence-corrected chi connectivity index (χ2v) is 12.5. The third-order valence-electron chi connectivity index (χ3n) is 6.82. The van der Waals surface area contributed by atoms with Gasteiger partial charge in [0.05, 0.1) is 27.7 Å². The Hall–Kier alpha value is -3.69. The third-order valence-corrected chi connectivity index (χ3v) is 9.15. The first-order valence-electron chi connectivity index (χ1n) is 12.3. The maximum absolute atomic E-state index is 15.2. The van der Waals surface area contributed by atoms with Gasteiger partial charge in [-0.3, -0.25) is 0 Å². The van der Waals surface area contributed by atoms with Gasteiger partial charge in [-0.15, -0.1) is 0 Å². The van der Waals surface area contributed by atoms with E-state index in [-0.39, 0.29) is 12.0 Å². The summed E-state index contributed by atoms with van der Waals surface area (Å²) in [5.41, 5.74) is 9.99. The van der Waals surface area contributed by atoms with Crippen molar-refractivity contribution in [1.82, 2.24) is 18.5 Å². The van der Waals surface area contributed by atoms with Crippen molar-refractivity contribution < 1.29 is 12.8 Å². The number of anilines is 1. The summed E-state index contributed by atoms with van der Waals surface area (Å²) in [6.07, 6.45) is 1.91. The number of imidazole rings is 2. The van der Waals surface area contributed by atoms with Crippen molar-refractivity contribution in [2.24, 2.45) is 0 Å². The van der Waals surface area contributed by atoms with Crippen molar-refractivity contribution in [3.63, 3.8) is 0 Å². The van der Waals surface area contributed by atoms with Gasteiger partial charge in [0.1, 0.15) is 11.6 Å². The van der Waals surface area contributed by atoms with Crippen molar-refractivity contribution in [2.75, 3.05) is 5.73 Å². The molecule has 5 aromatic rings. The van der Waals surface area contributed by atoms with Gasteiger partial charge < -0.3 is 10.3 Å². The van der Waals surface area contributed by atoms with E-state index in [1.54, 1.807) is 56.3 Å². The summed E-state index contributed by atoms with van der Waals surface area (Å²) < 4.78 is 44.8. The van der Waals surface area contributed by atoms with E-state index in [9.17, 15) is 8.42 Å². The minimum absolute atomic E-state index is 0.0993. The second kappa shape index (κ2) is 8.96. The SMILES string of the molecule is CC(C)S(=O)(=O)n1c(N)nc2ccc(-c3c(-c4ccccc4F)nc(-c4ccc(Cl)cc4)n3C3CC3)cc21. The van der Waals surface area contributed by atoms with Gasteiger partial charge in [-0.05, 0) is 75.2 Å². The molecule has 7 nitrogen and oxygen atoms in total. The van der Waals surface area contributed by atoms with E-state index in [1.165, 1.54) is 6.07 Å². The van der Waals surface area contributed by atoms with Crippen LogP contribution in [0.15, 0.2) is 66.7 Å². The lowest BCUT2D eigenvalue weighted by Gasteiger charge is -2.14. The predicted molar refractivity (Wildman–Crippen MR) is 149 cm³/mol. The summed E-state index contributed by atoms with van der Waals surface area (Å²) in [6, 6.07) is 19.4. The van der Waals surface area contributed by atoms with E-state index in [4.69, 9.17) is 22.3 Å². The average Bonchev–Trinajstić information content (AvgIpc) is 3.56. The van der Waals surface area contributed by atoms with Crippen LogP contribution in [-0.2, 0) is 10.0 Å². The largest absolute Gasteiger partial charge is 0.368 e. The molecule has 10 heteroatoms. The van der Waals surface area contributed by atoms with E-state index in [1.807, 2.05) is 18.2 Å². The number of nitrogens with zero attached hydrogens (tertiary/aromatic N) is 4.